The van der Waals surface area contributed by atoms with Gasteiger partial charge in [-0.3, -0.25) is 4.79 Å². The summed E-state index contributed by atoms with van der Waals surface area (Å²) in [5.41, 5.74) is 1.99. The molecule has 1 fully saturated rings. The smallest absolute Gasteiger partial charge is 0.251 e. The van der Waals surface area contributed by atoms with Crippen LogP contribution >= 0.6 is 0 Å². The molecule has 232 valence electrons. The van der Waals surface area contributed by atoms with Gasteiger partial charge >= 0.3 is 0 Å². The lowest BCUT2D eigenvalue weighted by molar-refractivity contribution is 0.0776. The number of benzene rings is 3. The largest absolute Gasteiger partial charge is 0.497 e. The predicted octanol–water partition coefficient (Wildman–Crippen LogP) is 4.40. The number of aliphatic hydroxyl groups excluding tert-OH is 1. The third kappa shape index (κ3) is 9.79. The first-order valence-electron chi connectivity index (χ1n) is 14.8. The Balaban J connectivity index is 1.41. The van der Waals surface area contributed by atoms with E-state index in [1.807, 2.05) is 24.3 Å². The monoisotopic (exact) mass is 609 g/mol. The summed E-state index contributed by atoms with van der Waals surface area (Å²) in [7, 11) is -0.707. The molecule has 2 atom stereocenters. The maximum atomic E-state index is 13.4. The first kappa shape index (κ1) is 32.5. The second-order valence-electron chi connectivity index (χ2n) is 11.1. The van der Waals surface area contributed by atoms with Crippen LogP contribution in [0.3, 0.4) is 0 Å². The fourth-order valence-electron chi connectivity index (χ4n) is 5.48. The molecule has 1 saturated carbocycles. The van der Waals surface area contributed by atoms with E-state index in [0.717, 1.165) is 42.6 Å². The molecule has 1 aliphatic rings. The van der Waals surface area contributed by atoms with Gasteiger partial charge in [0.1, 0.15) is 11.5 Å². The van der Waals surface area contributed by atoms with Gasteiger partial charge in [-0.1, -0.05) is 62.4 Å². The van der Waals surface area contributed by atoms with E-state index in [0.29, 0.717) is 24.6 Å². The minimum absolute atomic E-state index is 0.00705. The molecule has 0 aliphatic heterocycles. The van der Waals surface area contributed by atoms with Crippen LogP contribution in [0.4, 0.5) is 0 Å². The summed E-state index contributed by atoms with van der Waals surface area (Å²) in [6.45, 7) is 0.910. The Morgan fingerprint density at radius 2 is 1.51 bits per heavy atom. The standard InChI is InChI=1S/C33H43N3O6S/c1-41-28-14-6-11-25(17-28)21-34-23-32(37)31(19-24-9-4-3-5-10-24)36-33(38)27-13-8-16-30(20-27)43(39,40)35-22-26-12-7-15-29(18-26)42-2/h6-8,11-18,20,24,31-32,34-35,37H,3-5,9-10,19,21-23H2,1-2H3,(H,36,38)/t31-,32+/m0/s1. The number of hydrogen-bond donors (Lipinski definition) is 4. The zero-order chi connectivity index (χ0) is 30.7. The summed E-state index contributed by atoms with van der Waals surface area (Å²) in [5, 5.41) is 17.5. The summed E-state index contributed by atoms with van der Waals surface area (Å²) in [5.74, 6) is 1.40. The van der Waals surface area contributed by atoms with E-state index in [9.17, 15) is 18.3 Å². The molecular weight excluding hydrogens is 566 g/mol. The molecule has 0 radical (unpaired) electrons. The molecule has 4 N–H and O–H groups in total. The second kappa shape index (κ2) is 15.9. The van der Waals surface area contributed by atoms with Crippen LogP contribution in [0.25, 0.3) is 0 Å². The molecule has 0 unspecified atom stereocenters. The SMILES string of the molecule is COc1cccc(CNC[C@@H](O)[C@H](CC2CCCCC2)NC(=O)c2cccc(S(=O)(=O)NCc3cccc(OC)c3)c2)c1. The quantitative estimate of drug-likeness (QED) is 0.201. The van der Waals surface area contributed by atoms with Crippen LogP contribution in [0.15, 0.2) is 77.7 Å². The van der Waals surface area contributed by atoms with Crippen molar-refractivity contribution < 1.29 is 27.8 Å². The predicted molar refractivity (Wildman–Crippen MR) is 167 cm³/mol. The Bertz CT molecular complexity index is 1440. The molecular formula is C33H43N3O6S. The number of rotatable bonds is 15. The molecule has 1 aliphatic carbocycles. The minimum atomic E-state index is -3.88. The first-order chi connectivity index (χ1) is 20.8. The van der Waals surface area contributed by atoms with E-state index in [-0.39, 0.29) is 23.5 Å². The normalized spacial score (nSPS) is 15.4. The van der Waals surface area contributed by atoms with Gasteiger partial charge in [0.2, 0.25) is 10.0 Å². The fourth-order valence-corrected chi connectivity index (χ4v) is 6.55. The lowest BCUT2D eigenvalue weighted by atomic mass is 9.83. The Labute approximate surface area is 255 Å². The summed E-state index contributed by atoms with van der Waals surface area (Å²) in [6.07, 6.45) is 5.49. The van der Waals surface area contributed by atoms with Gasteiger partial charge in [0, 0.05) is 25.2 Å². The zero-order valence-electron chi connectivity index (χ0n) is 24.9. The summed E-state index contributed by atoms with van der Waals surface area (Å²) < 4.78 is 39.2. The van der Waals surface area contributed by atoms with Crippen molar-refractivity contribution >= 4 is 15.9 Å². The van der Waals surface area contributed by atoms with Crippen LogP contribution in [0.1, 0.15) is 60.0 Å². The van der Waals surface area contributed by atoms with E-state index < -0.39 is 28.1 Å². The van der Waals surface area contributed by atoms with E-state index in [2.05, 4.69) is 15.4 Å². The lowest BCUT2D eigenvalue weighted by Crippen LogP contribution is -2.48. The lowest BCUT2D eigenvalue weighted by Gasteiger charge is -2.30. The molecule has 0 spiro atoms. The van der Waals surface area contributed by atoms with Gasteiger partial charge in [0.15, 0.2) is 0 Å². The van der Waals surface area contributed by atoms with Gasteiger partial charge in [0.25, 0.3) is 5.91 Å². The van der Waals surface area contributed by atoms with Crippen LogP contribution in [-0.4, -0.2) is 52.3 Å². The number of aliphatic hydroxyl groups is 1. The van der Waals surface area contributed by atoms with Crippen molar-refractivity contribution in [1.82, 2.24) is 15.4 Å². The molecule has 9 nitrogen and oxygen atoms in total. The van der Waals surface area contributed by atoms with Crippen LogP contribution in [0, 0.1) is 5.92 Å². The molecule has 3 aromatic rings. The molecule has 0 bridgehead atoms. The van der Waals surface area contributed by atoms with Gasteiger partial charge in [0.05, 0.1) is 31.3 Å². The molecule has 43 heavy (non-hydrogen) atoms. The number of sulfonamides is 1. The number of carbonyl (C=O) groups is 1. The third-order valence-electron chi connectivity index (χ3n) is 7.92. The van der Waals surface area contributed by atoms with Crippen molar-refractivity contribution in [1.29, 1.82) is 0 Å². The van der Waals surface area contributed by atoms with Crippen molar-refractivity contribution in [2.45, 2.75) is 68.7 Å². The van der Waals surface area contributed by atoms with Crippen molar-refractivity contribution in [2.75, 3.05) is 20.8 Å². The highest BCUT2D eigenvalue weighted by Crippen LogP contribution is 2.28. The van der Waals surface area contributed by atoms with E-state index in [1.165, 1.54) is 18.6 Å². The van der Waals surface area contributed by atoms with Gasteiger partial charge in [-0.2, -0.15) is 0 Å². The average Bonchev–Trinajstić information content (AvgIpc) is 3.04. The topological polar surface area (TPSA) is 126 Å². The van der Waals surface area contributed by atoms with Crippen molar-refractivity contribution in [3.8, 4) is 11.5 Å². The highest BCUT2D eigenvalue weighted by molar-refractivity contribution is 7.89. The molecule has 3 aromatic carbocycles. The first-order valence-corrected chi connectivity index (χ1v) is 16.3. The maximum absolute atomic E-state index is 13.4. The highest BCUT2D eigenvalue weighted by atomic mass is 32.2. The molecule has 4 rings (SSSR count). The van der Waals surface area contributed by atoms with Crippen molar-refractivity contribution in [3.63, 3.8) is 0 Å². The van der Waals surface area contributed by atoms with E-state index >= 15 is 0 Å². The Morgan fingerprint density at radius 1 is 0.884 bits per heavy atom. The van der Waals surface area contributed by atoms with Gasteiger partial charge in [-0.15, -0.1) is 0 Å². The van der Waals surface area contributed by atoms with Crippen molar-refractivity contribution in [2.24, 2.45) is 5.92 Å². The maximum Gasteiger partial charge on any atom is 0.251 e. The van der Waals surface area contributed by atoms with Crippen LogP contribution in [-0.2, 0) is 23.1 Å². The Kier molecular flexibility index (Phi) is 12.0. The second-order valence-corrected chi connectivity index (χ2v) is 12.8. The highest BCUT2D eigenvalue weighted by Gasteiger charge is 2.27. The summed E-state index contributed by atoms with van der Waals surface area (Å²) in [4.78, 5) is 13.4. The molecule has 0 heterocycles. The summed E-state index contributed by atoms with van der Waals surface area (Å²) >= 11 is 0. The number of amides is 1. The number of hydrogen-bond acceptors (Lipinski definition) is 7. The van der Waals surface area contributed by atoms with Gasteiger partial charge < -0.3 is 25.2 Å². The van der Waals surface area contributed by atoms with Gasteiger partial charge in [-0.05, 0) is 65.9 Å². The summed E-state index contributed by atoms with van der Waals surface area (Å²) in [6, 6.07) is 20.3. The number of ether oxygens (including phenoxy) is 2. The number of methoxy groups -OCH3 is 2. The zero-order valence-corrected chi connectivity index (χ0v) is 25.7. The fraction of sp³-hybridized carbons (Fsp3) is 0.424. The van der Waals surface area contributed by atoms with Crippen molar-refractivity contribution in [3.05, 3.63) is 89.5 Å². The van der Waals surface area contributed by atoms with Crippen LogP contribution in [0.2, 0.25) is 0 Å². The van der Waals surface area contributed by atoms with Crippen LogP contribution < -0.4 is 24.8 Å². The number of carbonyl (C=O) groups excluding carboxylic acids is 1. The number of nitrogens with one attached hydrogen (secondary N) is 3. The van der Waals surface area contributed by atoms with Crippen LogP contribution in [0.5, 0.6) is 11.5 Å². The Morgan fingerprint density at radius 3 is 2.16 bits per heavy atom. The minimum Gasteiger partial charge on any atom is -0.497 e. The Hall–Kier alpha value is -3.44. The molecule has 0 saturated heterocycles. The van der Waals surface area contributed by atoms with Gasteiger partial charge in [-0.25, -0.2) is 13.1 Å². The van der Waals surface area contributed by atoms with E-state index in [4.69, 9.17) is 9.47 Å². The molecule has 1 amide bonds. The average molecular weight is 610 g/mol. The van der Waals surface area contributed by atoms with E-state index in [1.54, 1.807) is 50.6 Å². The molecule has 10 heteroatoms. The third-order valence-corrected chi connectivity index (χ3v) is 9.32. The molecule has 0 aromatic heterocycles.